The van der Waals surface area contributed by atoms with Crippen LogP contribution >= 0.6 is 0 Å². The second-order valence-electron chi connectivity index (χ2n) is 5.05. The molecule has 2 rings (SSSR count). The van der Waals surface area contributed by atoms with E-state index >= 15 is 0 Å². The first-order valence-electron chi connectivity index (χ1n) is 6.98. The van der Waals surface area contributed by atoms with Crippen molar-refractivity contribution in [2.45, 2.75) is 13.3 Å². The summed E-state index contributed by atoms with van der Waals surface area (Å²) in [4.78, 5) is 4.30. The molecular weight excluding hydrogens is 316 g/mol. The maximum absolute atomic E-state index is 11.1. The van der Waals surface area contributed by atoms with Gasteiger partial charge in [-0.05, 0) is 37.1 Å². The van der Waals surface area contributed by atoms with Crippen LogP contribution in [0.15, 0.2) is 47.8 Å². The molecular formula is C16H18N2O4S. The minimum Gasteiger partial charge on any atom is -0.411 e. The third-order valence-electron chi connectivity index (χ3n) is 3.27. The van der Waals surface area contributed by atoms with Gasteiger partial charge in [-0.25, -0.2) is 0 Å². The van der Waals surface area contributed by atoms with Gasteiger partial charge in [-0.2, -0.15) is 8.42 Å². The SMILES string of the molecule is CC(=NO)c1ccc(-c2ccccn2)cc1CCOS(C)(=O)=O. The van der Waals surface area contributed by atoms with Gasteiger partial charge in [0.05, 0.1) is 24.3 Å². The fourth-order valence-electron chi connectivity index (χ4n) is 2.20. The van der Waals surface area contributed by atoms with E-state index in [1.54, 1.807) is 13.1 Å². The topological polar surface area (TPSA) is 88.8 Å². The monoisotopic (exact) mass is 334 g/mol. The Morgan fingerprint density at radius 2 is 2.09 bits per heavy atom. The molecule has 0 unspecified atom stereocenters. The van der Waals surface area contributed by atoms with E-state index in [9.17, 15) is 8.42 Å². The summed E-state index contributed by atoms with van der Waals surface area (Å²) in [5, 5.41) is 12.2. The largest absolute Gasteiger partial charge is 0.411 e. The summed E-state index contributed by atoms with van der Waals surface area (Å²) in [6.45, 7) is 1.70. The van der Waals surface area contributed by atoms with Crippen LogP contribution in [-0.4, -0.2) is 37.2 Å². The van der Waals surface area contributed by atoms with Crippen molar-refractivity contribution in [1.82, 2.24) is 4.98 Å². The van der Waals surface area contributed by atoms with Crippen molar-refractivity contribution in [3.05, 3.63) is 53.7 Å². The first kappa shape index (κ1) is 17.1. The van der Waals surface area contributed by atoms with E-state index in [0.717, 1.165) is 28.6 Å². The van der Waals surface area contributed by atoms with Gasteiger partial charge in [0.1, 0.15) is 0 Å². The second kappa shape index (κ2) is 7.34. The van der Waals surface area contributed by atoms with Crippen LogP contribution in [0.2, 0.25) is 0 Å². The highest BCUT2D eigenvalue weighted by atomic mass is 32.2. The first-order chi connectivity index (χ1) is 10.9. The maximum atomic E-state index is 11.1. The van der Waals surface area contributed by atoms with E-state index in [2.05, 4.69) is 10.1 Å². The van der Waals surface area contributed by atoms with Gasteiger partial charge in [-0.1, -0.05) is 23.4 Å². The van der Waals surface area contributed by atoms with Gasteiger partial charge < -0.3 is 5.21 Å². The number of pyridine rings is 1. The molecule has 1 aromatic heterocycles. The number of hydrogen-bond donors (Lipinski definition) is 1. The molecule has 0 amide bonds. The van der Waals surface area contributed by atoms with E-state index in [4.69, 9.17) is 9.39 Å². The molecule has 0 bridgehead atoms. The van der Waals surface area contributed by atoms with Crippen LogP contribution in [0.5, 0.6) is 0 Å². The van der Waals surface area contributed by atoms with Crippen LogP contribution in [0.4, 0.5) is 0 Å². The van der Waals surface area contributed by atoms with Gasteiger partial charge in [-0.15, -0.1) is 0 Å². The number of oxime groups is 1. The molecule has 0 spiro atoms. The van der Waals surface area contributed by atoms with Gasteiger partial charge in [0.2, 0.25) is 0 Å². The summed E-state index contributed by atoms with van der Waals surface area (Å²) < 4.78 is 27.0. The average molecular weight is 334 g/mol. The van der Waals surface area contributed by atoms with Crippen LogP contribution in [0.25, 0.3) is 11.3 Å². The maximum Gasteiger partial charge on any atom is 0.264 e. The summed E-state index contributed by atoms with van der Waals surface area (Å²) in [6, 6.07) is 11.2. The van der Waals surface area contributed by atoms with E-state index in [1.807, 2.05) is 36.4 Å². The molecule has 7 heteroatoms. The van der Waals surface area contributed by atoms with Crippen molar-refractivity contribution in [3.8, 4) is 11.3 Å². The summed E-state index contributed by atoms with van der Waals surface area (Å²) >= 11 is 0. The van der Waals surface area contributed by atoms with E-state index in [1.165, 1.54) is 0 Å². The fourth-order valence-corrected chi connectivity index (χ4v) is 2.59. The summed E-state index contributed by atoms with van der Waals surface area (Å²) in [6.07, 6.45) is 3.09. The van der Waals surface area contributed by atoms with Gasteiger partial charge in [0.15, 0.2) is 0 Å². The Balaban J connectivity index is 2.34. The second-order valence-corrected chi connectivity index (χ2v) is 6.69. The van der Waals surface area contributed by atoms with Crippen molar-refractivity contribution in [2.24, 2.45) is 5.16 Å². The molecule has 0 saturated heterocycles. The molecule has 23 heavy (non-hydrogen) atoms. The minimum atomic E-state index is -3.49. The molecule has 0 aliphatic carbocycles. The third kappa shape index (κ3) is 4.87. The van der Waals surface area contributed by atoms with Crippen molar-refractivity contribution < 1.29 is 17.8 Å². The number of aromatic nitrogens is 1. The van der Waals surface area contributed by atoms with E-state index < -0.39 is 10.1 Å². The Morgan fingerprint density at radius 1 is 1.30 bits per heavy atom. The molecule has 1 aromatic carbocycles. The third-order valence-corrected chi connectivity index (χ3v) is 3.87. The highest BCUT2D eigenvalue weighted by Crippen LogP contribution is 2.22. The molecule has 0 radical (unpaired) electrons. The van der Waals surface area contributed by atoms with Crippen molar-refractivity contribution in [1.29, 1.82) is 0 Å². The molecule has 0 atom stereocenters. The normalized spacial score (nSPS) is 12.3. The number of rotatable bonds is 6. The molecule has 0 fully saturated rings. The van der Waals surface area contributed by atoms with Crippen LogP contribution in [0, 0.1) is 0 Å². The highest BCUT2D eigenvalue weighted by molar-refractivity contribution is 7.85. The Labute approximate surface area is 135 Å². The van der Waals surface area contributed by atoms with Gasteiger partial charge in [0, 0.05) is 17.3 Å². The Kier molecular flexibility index (Phi) is 5.46. The molecule has 0 aliphatic heterocycles. The average Bonchev–Trinajstić information content (AvgIpc) is 2.53. The van der Waals surface area contributed by atoms with Crippen molar-refractivity contribution in [2.75, 3.05) is 12.9 Å². The number of nitrogens with zero attached hydrogens (tertiary/aromatic N) is 2. The molecule has 122 valence electrons. The van der Waals surface area contributed by atoms with Crippen molar-refractivity contribution in [3.63, 3.8) is 0 Å². The number of benzene rings is 1. The van der Waals surface area contributed by atoms with E-state index in [0.29, 0.717) is 12.1 Å². The van der Waals surface area contributed by atoms with Gasteiger partial charge in [-0.3, -0.25) is 9.17 Å². The molecule has 2 aromatic rings. The summed E-state index contributed by atoms with van der Waals surface area (Å²) in [5.74, 6) is 0. The Bertz CT molecular complexity index is 802. The zero-order chi connectivity index (χ0) is 16.9. The van der Waals surface area contributed by atoms with Crippen LogP contribution in [0.1, 0.15) is 18.1 Å². The van der Waals surface area contributed by atoms with E-state index in [-0.39, 0.29) is 6.61 Å². The number of hydrogen-bond acceptors (Lipinski definition) is 6. The lowest BCUT2D eigenvalue weighted by atomic mass is 9.97. The lowest BCUT2D eigenvalue weighted by Crippen LogP contribution is -2.09. The lowest BCUT2D eigenvalue weighted by Gasteiger charge is -2.11. The molecule has 1 heterocycles. The van der Waals surface area contributed by atoms with Crippen LogP contribution in [0.3, 0.4) is 0 Å². The molecule has 0 saturated carbocycles. The van der Waals surface area contributed by atoms with Crippen molar-refractivity contribution >= 4 is 15.8 Å². The quantitative estimate of drug-likeness (QED) is 0.379. The highest BCUT2D eigenvalue weighted by Gasteiger charge is 2.10. The predicted molar refractivity (Wildman–Crippen MR) is 88.2 cm³/mol. The fraction of sp³-hybridized carbons (Fsp3) is 0.250. The minimum absolute atomic E-state index is 0.0240. The van der Waals surface area contributed by atoms with Gasteiger partial charge in [0.25, 0.3) is 10.1 Å². The molecule has 0 aliphatic rings. The first-order valence-corrected chi connectivity index (χ1v) is 8.80. The summed E-state index contributed by atoms with van der Waals surface area (Å²) in [5.41, 5.74) is 3.72. The summed E-state index contributed by atoms with van der Waals surface area (Å²) in [7, 11) is -3.49. The lowest BCUT2D eigenvalue weighted by molar-refractivity contribution is 0.318. The zero-order valence-electron chi connectivity index (χ0n) is 12.9. The van der Waals surface area contributed by atoms with Crippen LogP contribution < -0.4 is 0 Å². The Hall–Kier alpha value is -2.25. The molecule has 1 N–H and O–H groups in total. The molecule has 6 nitrogen and oxygen atoms in total. The van der Waals surface area contributed by atoms with Gasteiger partial charge >= 0.3 is 0 Å². The van der Waals surface area contributed by atoms with Crippen LogP contribution in [-0.2, 0) is 20.7 Å². The Morgan fingerprint density at radius 3 is 2.70 bits per heavy atom. The predicted octanol–water partition coefficient (Wildman–Crippen LogP) is 2.47. The zero-order valence-corrected chi connectivity index (χ0v) is 13.7. The standard InChI is InChI=1S/C16H18N2O4S/c1-12(18-19)15-7-6-14(16-5-3-4-9-17-16)11-13(15)8-10-22-23(2,20)21/h3-7,9,11,19H,8,10H2,1-2H3. The smallest absolute Gasteiger partial charge is 0.264 e.